The molecule has 0 spiro atoms. The molecule has 0 radical (unpaired) electrons. The molecule has 130 valence electrons. The number of ether oxygens (including phenoxy) is 1. The van der Waals surface area contributed by atoms with Crippen LogP contribution < -0.4 is 10.2 Å². The van der Waals surface area contributed by atoms with Gasteiger partial charge in [-0.3, -0.25) is 5.10 Å². The normalized spacial score (nSPS) is 16.2. The molecule has 6 nitrogen and oxygen atoms in total. The number of rotatable bonds is 3. The minimum Gasteiger partial charge on any atom is -0.444 e. The molecule has 0 bridgehead atoms. The number of hydrogen-bond acceptors (Lipinski definition) is 5. The van der Waals surface area contributed by atoms with E-state index in [4.69, 9.17) is 4.74 Å². The number of aromatic nitrogens is 2. The van der Waals surface area contributed by atoms with E-state index in [1.54, 1.807) is 11.3 Å². The fourth-order valence-electron chi connectivity index (χ4n) is 2.76. The SMILES string of the molecule is CC(C)(C)OC(=O)NC1CCN(c2cc(-c3cccs3)[nH]n2)CC1. The van der Waals surface area contributed by atoms with Crippen LogP contribution in [-0.4, -0.2) is 41.0 Å². The number of thiophene rings is 1. The molecular weight excluding hydrogens is 324 g/mol. The van der Waals surface area contributed by atoms with Crippen molar-refractivity contribution in [3.8, 4) is 10.6 Å². The topological polar surface area (TPSA) is 70.2 Å². The number of alkyl carbamates (subject to hydrolysis) is 1. The first kappa shape index (κ1) is 16.8. The highest BCUT2D eigenvalue weighted by atomic mass is 32.1. The predicted molar refractivity (Wildman–Crippen MR) is 96.5 cm³/mol. The summed E-state index contributed by atoms with van der Waals surface area (Å²) in [5, 5.41) is 12.5. The minimum absolute atomic E-state index is 0.159. The molecule has 0 unspecified atom stereocenters. The Morgan fingerprint density at radius 2 is 2.17 bits per heavy atom. The third-order valence-corrected chi connectivity index (χ3v) is 4.79. The van der Waals surface area contributed by atoms with Gasteiger partial charge < -0.3 is 15.0 Å². The van der Waals surface area contributed by atoms with Gasteiger partial charge in [-0.1, -0.05) is 6.07 Å². The number of amides is 1. The van der Waals surface area contributed by atoms with Crippen molar-refractivity contribution in [2.75, 3.05) is 18.0 Å². The second-order valence-electron chi connectivity index (χ2n) is 7.02. The Morgan fingerprint density at radius 3 is 2.79 bits per heavy atom. The summed E-state index contributed by atoms with van der Waals surface area (Å²) >= 11 is 1.70. The molecule has 7 heteroatoms. The lowest BCUT2D eigenvalue weighted by atomic mass is 10.1. The molecule has 1 fully saturated rings. The molecule has 1 saturated heterocycles. The van der Waals surface area contributed by atoms with Crippen LogP contribution in [0.5, 0.6) is 0 Å². The van der Waals surface area contributed by atoms with Crippen LogP contribution in [0.3, 0.4) is 0 Å². The molecule has 0 aliphatic carbocycles. The molecular formula is C17H24N4O2S. The van der Waals surface area contributed by atoms with E-state index in [9.17, 15) is 4.79 Å². The van der Waals surface area contributed by atoms with Crippen molar-refractivity contribution in [3.05, 3.63) is 23.6 Å². The minimum atomic E-state index is -0.460. The van der Waals surface area contributed by atoms with E-state index in [1.165, 1.54) is 4.88 Å². The number of carbonyl (C=O) groups excluding carboxylic acids is 1. The highest BCUT2D eigenvalue weighted by Gasteiger charge is 2.24. The summed E-state index contributed by atoms with van der Waals surface area (Å²) in [6.07, 6.45) is 1.45. The van der Waals surface area contributed by atoms with Crippen molar-refractivity contribution < 1.29 is 9.53 Å². The monoisotopic (exact) mass is 348 g/mol. The van der Waals surface area contributed by atoms with E-state index in [2.05, 4.69) is 37.9 Å². The van der Waals surface area contributed by atoms with Gasteiger partial charge in [-0.05, 0) is 45.1 Å². The fraction of sp³-hybridized carbons (Fsp3) is 0.529. The highest BCUT2D eigenvalue weighted by Crippen LogP contribution is 2.27. The number of aromatic amines is 1. The molecule has 3 rings (SSSR count). The third-order valence-electron chi connectivity index (χ3n) is 3.89. The Morgan fingerprint density at radius 1 is 1.42 bits per heavy atom. The molecule has 0 saturated carbocycles. The van der Waals surface area contributed by atoms with E-state index in [-0.39, 0.29) is 12.1 Å². The zero-order chi connectivity index (χ0) is 17.2. The van der Waals surface area contributed by atoms with Crippen LogP contribution in [0.2, 0.25) is 0 Å². The quantitative estimate of drug-likeness (QED) is 0.888. The number of piperidine rings is 1. The summed E-state index contributed by atoms with van der Waals surface area (Å²) in [6, 6.07) is 6.37. The van der Waals surface area contributed by atoms with Gasteiger partial charge in [0.15, 0.2) is 5.82 Å². The molecule has 0 aromatic carbocycles. The van der Waals surface area contributed by atoms with Crippen molar-refractivity contribution in [1.82, 2.24) is 15.5 Å². The van der Waals surface area contributed by atoms with Crippen LogP contribution in [0, 0.1) is 0 Å². The van der Waals surface area contributed by atoms with Crippen LogP contribution in [0.4, 0.5) is 10.6 Å². The second kappa shape index (κ2) is 6.84. The highest BCUT2D eigenvalue weighted by molar-refractivity contribution is 7.13. The van der Waals surface area contributed by atoms with E-state index in [1.807, 2.05) is 26.8 Å². The number of anilines is 1. The number of hydrogen-bond donors (Lipinski definition) is 2. The number of H-pyrrole nitrogens is 1. The van der Waals surface area contributed by atoms with Gasteiger partial charge in [-0.15, -0.1) is 11.3 Å². The van der Waals surface area contributed by atoms with Crippen molar-refractivity contribution >= 4 is 23.2 Å². The van der Waals surface area contributed by atoms with Crippen molar-refractivity contribution in [1.29, 1.82) is 0 Å². The second-order valence-corrected chi connectivity index (χ2v) is 7.97. The summed E-state index contributed by atoms with van der Waals surface area (Å²) in [7, 11) is 0. The Balaban J connectivity index is 1.51. The van der Waals surface area contributed by atoms with E-state index >= 15 is 0 Å². The van der Waals surface area contributed by atoms with Gasteiger partial charge >= 0.3 is 6.09 Å². The van der Waals surface area contributed by atoms with Crippen LogP contribution in [0.25, 0.3) is 10.6 Å². The van der Waals surface area contributed by atoms with Gasteiger partial charge in [0.2, 0.25) is 0 Å². The van der Waals surface area contributed by atoms with Gasteiger partial charge in [0.05, 0.1) is 10.6 Å². The maximum Gasteiger partial charge on any atom is 0.407 e. The molecule has 1 aliphatic rings. The van der Waals surface area contributed by atoms with Crippen molar-refractivity contribution in [3.63, 3.8) is 0 Å². The van der Waals surface area contributed by atoms with Gasteiger partial charge in [0.1, 0.15) is 5.60 Å². The van der Waals surface area contributed by atoms with Crippen LogP contribution in [0.15, 0.2) is 23.6 Å². The Labute approximate surface area is 146 Å². The molecule has 2 aromatic rings. The zero-order valence-corrected chi connectivity index (χ0v) is 15.2. The number of nitrogens with zero attached hydrogens (tertiary/aromatic N) is 2. The maximum absolute atomic E-state index is 11.8. The third kappa shape index (κ3) is 4.29. The van der Waals surface area contributed by atoms with Gasteiger partial charge in [-0.25, -0.2) is 4.79 Å². The number of carbonyl (C=O) groups is 1. The van der Waals surface area contributed by atoms with Gasteiger partial charge in [0, 0.05) is 25.2 Å². The molecule has 1 amide bonds. The Kier molecular flexibility index (Phi) is 4.80. The summed E-state index contributed by atoms with van der Waals surface area (Å²) in [5.41, 5.74) is 0.590. The molecule has 1 aliphatic heterocycles. The van der Waals surface area contributed by atoms with E-state index in [0.717, 1.165) is 37.4 Å². The largest absolute Gasteiger partial charge is 0.444 e. The van der Waals surface area contributed by atoms with Crippen molar-refractivity contribution in [2.24, 2.45) is 0 Å². The zero-order valence-electron chi connectivity index (χ0n) is 14.3. The van der Waals surface area contributed by atoms with Crippen LogP contribution in [0.1, 0.15) is 33.6 Å². The average molecular weight is 348 g/mol. The van der Waals surface area contributed by atoms with Crippen LogP contribution in [-0.2, 0) is 4.74 Å². The smallest absolute Gasteiger partial charge is 0.407 e. The van der Waals surface area contributed by atoms with Crippen molar-refractivity contribution in [2.45, 2.75) is 45.3 Å². The molecule has 3 heterocycles. The lowest BCUT2D eigenvalue weighted by Crippen LogP contribution is -2.46. The van der Waals surface area contributed by atoms with Crippen LogP contribution >= 0.6 is 11.3 Å². The first-order valence-electron chi connectivity index (χ1n) is 8.24. The lowest BCUT2D eigenvalue weighted by molar-refractivity contribution is 0.0497. The molecule has 0 atom stereocenters. The predicted octanol–water partition coefficient (Wildman–Crippen LogP) is 3.63. The summed E-state index contributed by atoms with van der Waals surface area (Å²) < 4.78 is 5.32. The fourth-order valence-corrected chi connectivity index (χ4v) is 3.45. The van der Waals surface area contributed by atoms with E-state index < -0.39 is 5.60 Å². The molecule has 24 heavy (non-hydrogen) atoms. The average Bonchev–Trinajstić information content (AvgIpc) is 3.17. The first-order valence-corrected chi connectivity index (χ1v) is 9.12. The number of nitrogens with one attached hydrogen (secondary N) is 2. The van der Waals surface area contributed by atoms with E-state index in [0.29, 0.717) is 0 Å². The summed E-state index contributed by atoms with van der Waals surface area (Å²) in [6.45, 7) is 7.36. The lowest BCUT2D eigenvalue weighted by Gasteiger charge is -2.32. The van der Waals surface area contributed by atoms with Gasteiger partial charge in [-0.2, -0.15) is 5.10 Å². The molecule has 2 aromatic heterocycles. The molecule has 2 N–H and O–H groups in total. The maximum atomic E-state index is 11.8. The summed E-state index contributed by atoms with van der Waals surface area (Å²) in [4.78, 5) is 15.3. The Hall–Kier alpha value is -2.02. The standard InChI is InChI=1S/C17H24N4O2S/c1-17(2,3)23-16(22)18-12-6-8-21(9-7-12)15-11-13(19-20-15)14-5-4-10-24-14/h4-5,10-12H,6-9H2,1-3H3,(H,18,22)(H,19,20). The Bertz CT molecular complexity index is 667. The van der Waals surface area contributed by atoms with Gasteiger partial charge in [0.25, 0.3) is 0 Å². The first-order chi connectivity index (χ1) is 11.4. The summed E-state index contributed by atoms with van der Waals surface area (Å²) in [5.74, 6) is 0.967.